The molecule has 0 spiro atoms. The molecule has 0 unspecified atom stereocenters. The lowest BCUT2D eigenvalue weighted by Crippen LogP contribution is -2.27. The molecule has 2 aromatic heterocycles. The largest absolute Gasteiger partial charge is 0.344 e. The molecule has 5 aromatic rings. The lowest BCUT2D eigenvalue weighted by molar-refractivity contribution is 0.0935. The third kappa shape index (κ3) is 3.65. The number of nitrogens with one attached hydrogen (secondary N) is 2. The van der Waals surface area contributed by atoms with Gasteiger partial charge in [0, 0.05) is 18.0 Å². The molecule has 0 saturated heterocycles. The smallest absolute Gasteiger partial charge is 0.292 e. The van der Waals surface area contributed by atoms with Gasteiger partial charge in [-0.1, -0.05) is 48.5 Å². The van der Waals surface area contributed by atoms with E-state index in [1.807, 2.05) is 42.5 Å². The molecule has 2 heterocycles. The number of benzene rings is 3. The lowest BCUT2D eigenvalue weighted by Gasteiger charge is -2.13. The van der Waals surface area contributed by atoms with Gasteiger partial charge >= 0.3 is 0 Å². The first-order valence-corrected chi connectivity index (χ1v) is 10.2. The van der Waals surface area contributed by atoms with Gasteiger partial charge in [0.15, 0.2) is 0 Å². The molecule has 3 aromatic carbocycles. The number of halogens is 1. The average molecular weight is 426 g/mol. The highest BCUT2D eigenvalue weighted by Gasteiger charge is 2.17. The number of carbonyl (C=O) groups excluding carboxylic acids is 1. The van der Waals surface area contributed by atoms with Gasteiger partial charge in [0.05, 0.1) is 11.7 Å². The number of imidazole rings is 1. The van der Waals surface area contributed by atoms with E-state index >= 15 is 0 Å². The second-order valence-electron chi connectivity index (χ2n) is 7.66. The molecular weight excluding hydrogens is 407 g/mol. The summed E-state index contributed by atoms with van der Waals surface area (Å²) in [7, 11) is 0. The number of H-pyrrole nitrogens is 1. The fourth-order valence-electron chi connectivity index (χ4n) is 3.73. The number of amides is 1. The number of rotatable bonds is 4. The maximum absolute atomic E-state index is 13.1. The van der Waals surface area contributed by atoms with Crippen LogP contribution in [0.15, 0.2) is 83.9 Å². The van der Waals surface area contributed by atoms with Crippen LogP contribution in [0.4, 0.5) is 4.39 Å². The van der Waals surface area contributed by atoms with E-state index in [0.717, 1.165) is 21.9 Å². The van der Waals surface area contributed by atoms with Crippen molar-refractivity contribution in [2.45, 2.75) is 13.0 Å². The predicted octanol–water partition coefficient (Wildman–Crippen LogP) is 4.47. The van der Waals surface area contributed by atoms with Crippen molar-refractivity contribution in [2.24, 2.45) is 0 Å². The van der Waals surface area contributed by atoms with E-state index in [4.69, 9.17) is 0 Å². The number of aromatic amines is 1. The summed E-state index contributed by atoms with van der Waals surface area (Å²) in [4.78, 5) is 32.4. The Morgan fingerprint density at radius 2 is 1.78 bits per heavy atom. The fourth-order valence-corrected chi connectivity index (χ4v) is 3.73. The van der Waals surface area contributed by atoms with Crippen LogP contribution in [-0.2, 0) is 0 Å². The van der Waals surface area contributed by atoms with Crippen LogP contribution in [0.3, 0.4) is 0 Å². The summed E-state index contributed by atoms with van der Waals surface area (Å²) in [5, 5.41) is 5.00. The Hall–Kier alpha value is -4.26. The first kappa shape index (κ1) is 19.7. The highest BCUT2D eigenvalue weighted by atomic mass is 19.1. The quantitative estimate of drug-likeness (QED) is 0.445. The third-order valence-electron chi connectivity index (χ3n) is 5.46. The first-order chi connectivity index (χ1) is 15.5. The summed E-state index contributed by atoms with van der Waals surface area (Å²) >= 11 is 0. The van der Waals surface area contributed by atoms with Crippen molar-refractivity contribution in [2.75, 3.05) is 0 Å². The van der Waals surface area contributed by atoms with Gasteiger partial charge < -0.3 is 10.3 Å². The van der Waals surface area contributed by atoms with Gasteiger partial charge in [-0.2, -0.15) is 0 Å². The van der Waals surface area contributed by atoms with Crippen molar-refractivity contribution in [3.8, 4) is 11.3 Å². The number of hydrogen-bond donors (Lipinski definition) is 2. The zero-order valence-corrected chi connectivity index (χ0v) is 17.2. The van der Waals surface area contributed by atoms with Crippen LogP contribution in [0, 0.1) is 5.82 Å². The molecule has 7 heteroatoms. The maximum atomic E-state index is 13.1. The van der Waals surface area contributed by atoms with Gasteiger partial charge in [-0.05, 0) is 41.5 Å². The molecule has 0 saturated carbocycles. The van der Waals surface area contributed by atoms with Crippen molar-refractivity contribution in [1.82, 2.24) is 19.7 Å². The molecule has 2 N–H and O–H groups in total. The standard InChI is InChI=1S/C25H19FN4O2/c1-15(16-8-10-20(26)11-9-16)27-24(31)22-14-30-13-21(29-25(32)23(30)28-22)19-7-6-17-4-2-3-5-18(17)12-19/h2-15H,1H3,(H,27,31)(H,29,32)/t15-/m1/s1. The van der Waals surface area contributed by atoms with Crippen LogP contribution in [0.5, 0.6) is 0 Å². The number of carbonyl (C=O) groups is 1. The minimum Gasteiger partial charge on any atom is -0.344 e. The third-order valence-corrected chi connectivity index (χ3v) is 5.46. The first-order valence-electron chi connectivity index (χ1n) is 10.2. The van der Waals surface area contributed by atoms with E-state index in [1.165, 1.54) is 18.3 Å². The summed E-state index contributed by atoms with van der Waals surface area (Å²) in [6, 6.07) is 19.5. The molecule has 5 rings (SSSR count). The minimum absolute atomic E-state index is 0.125. The Kier molecular flexibility index (Phi) is 4.78. The Labute approximate surface area is 182 Å². The molecular formula is C25H19FN4O2. The Bertz CT molecular complexity index is 1520. The summed E-state index contributed by atoms with van der Waals surface area (Å²) < 4.78 is 14.7. The van der Waals surface area contributed by atoms with Gasteiger partial charge in [-0.15, -0.1) is 0 Å². The summed E-state index contributed by atoms with van der Waals surface area (Å²) in [6.45, 7) is 1.80. The minimum atomic E-state index is -0.419. The molecule has 1 amide bonds. The normalized spacial score (nSPS) is 12.2. The maximum Gasteiger partial charge on any atom is 0.292 e. The van der Waals surface area contributed by atoms with Crippen LogP contribution in [0.2, 0.25) is 0 Å². The number of aromatic nitrogens is 3. The summed E-state index contributed by atoms with van der Waals surface area (Å²) in [5.41, 5.74) is 2.11. The Morgan fingerprint density at radius 3 is 2.56 bits per heavy atom. The predicted molar refractivity (Wildman–Crippen MR) is 121 cm³/mol. The van der Waals surface area contributed by atoms with Crippen molar-refractivity contribution < 1.29 is 9.18 Å². The molecule has 32 heavy (non-hydrogen) atoms. The van der Waals surface area contributed by atoms with E-state index in [-0.39, 0.29) is 28.8 Å². The van der Waals surface area contributed by atoms with Gasteiger partial charge in [0.1, 0.15) is 11.5 Å². The molecule has 0 aliphatic heterocycles. The van der Waals surface area contributed by atoms with Crippen molar-refractivity contribution in [3.63, 3.8) is 0 Å². The van der Waals surface area contributed by atoms with E-state index in [1.54, 1.807) is 29.7 Å². The van der Waals surface area contributed by atoms with Gasteiger partial charge in [-0.3, -0.25) is 14.0 Å². The molecule has 1 atom stereocenters. The van der Waals surface area contributed by atoms with Crippen LogP contribution in [-0.4, -0.2) is 20.3 Å². The lowest BCUT2D eigenvalue weighted by atomic mass is 10.1. The van der Waals surface area contributed by atoms with Crippen molar-refractivity contribution >= 4 is 22.3 Å². The zero-order valence-electron chi connectivity index (χ0n) is 17.2. The molecule has 0 aliphatic carbocycles. The van der Waals surface area contributed by atoms with Crippen molar-refractivity contribution in [1.29, 1.82) is 0 Å². The van der Waals surface area contributed by atoms with E-state index in [2.05, 4.69) is 15.3 Å². The van der Waals surface area contributed by atoms with Gasteiger partial charge in [0.2, 0.25) is 5.65 Å². The molecule has 0 fully saturated rings. The Balaban J connectivity index is 1.45. The van der Waals surface area contributed by atoms with E-state index in [0.29, 0.717) is 5.69 Å². The number of fused-ring (bicyclic) bond motifs is 2. The highest BCUT2D eigenvalue weighted by Crippen LogP contribution is 2.22. The van der Waals surface area contributed by atoms with Crippen molar-refractivity contribution in [3.05, 3.63) is 107 Å². The number of hydrogen-bond acceptors (Lipinski definition) is 3. The molecule has 0 radical (unpaired) electrons. The topological polar surface area (TPSA) is 79.3 Å². The highest BCUT2D eigenvalue weighted by molar-refractivity contribution is 5.93. The SMILES string of the molecule is C[C@@H](NC(=O)c1cn2cc(-c3ccc4ccccc4c3)[nH]c(=O)c2n1)c1ccc(F)cc1. The van der Waals surface area contributed by atoms with Gasteiger partial charge in [-0.25, -0.2) is 9.37 Å². The van der Waals surface area contributed by atoms with E-state index in [9.17, 15) is 14.0 Å². The van der Waals surface area contributed by atoms with Crippen LogP contribution >= 0.6 is 0 Å². The van der Waals surface area contributed by atoms with E-state index < -0.39 is 5.91 Å². The average Bonchev–Trinajstić information content (AvgIpc) is 3.24. The monoisotopic (exact) mass is 426 g/mol. The fraction of sp³-hybridized carbons (Fsp3) is 0.0800. The van der Waals surface area contributed by atoms with Crippen LogP contribution in [0.25, 0.3) is 27.7 Å². The summed E-state index contributed by atoms with van der Waals surface area (Å²) in [6.07, 6.45) is 3.27. The second-order valence-corrected chi connectivity index (χ2v) is 7.66. The Morgan fingerprint density at radius 1 is 1.03 bits per heavy atom. The molecule has 0 aliphatic rings. The van der Waals surface area contributed by atoms with Crippen LogP contribution in [0.1, 0.15) is 29.0 Å². The second kappa shape index (κ2) is 7.77. The van der Waals surface area contributed by atoms with Crippen LogP contribution < -0.4 is 10.9 Å². The number of nitrogens with zero attached hydrogens (tertiary/aromatic N) is 2. The van der Waals surface area contributed by atoms with Gasteiger partial charge in [0.25, 0.3) is 11.5 Å². The molecule has 158 valence electrons. The zero-order chi connectivity index (χ0) is 22.2. The molecule has 6 nitrogen and oxygen atoms in total. The summed E-state index contributed by atoms with van der Waals surface area (Å²) in [5.74, 6) is -0.758. The molecule has 0 bridgehead atoms.